The van der Waals surface area contributed by atoms with Gasteiger partial charge in [0.2, 0.25) is 0 Å². The van der Waals surface area contributed by atoms with Crippen molar-refractivity contribution in [2.45, 2.75) is 75.8 Å². The maximum atomic E-state index is 10.2. The Hall–Kier alpha value is -0.890. The molecule has 1 aromatic heterocycles. The largest absolute Gasteiger partial charge is 0.390 e. The van der Waals surface area contributed by atoms with E-state index < -0.39 is 11.9 Å². The van der Waals surface area contributed by atoms with Crippen LogP contribution >= 0.6 is 11.8 Å². The molecule has 1 saturated heterocycles. The van der Waals surface area contributed by atoms with Gasteiger partial charge in [0.1, 0.15) is 18.0 Å². The number of aryl methyl sites for hydroxylation is 1. The number of hydrogen-bond acceptors (Lipinski definition) is 7. The van der Waals surface area contributed by atoms with E-state index in [2.05, 4.69) is 22.2 Å². The normalized spacial score (nSPS) is 32.0. The zero-order chi connectivity index (χ0) is 16.6. The molecule has 4 atom stereocenters. The van der Waals surface area contributed by atoms with Gasteiger partial charge in [0.25, 0.3) is 0 Å². The van der Waals surface area contributed by atoms with E-state index in [9.17, 15) is 5.11 Å². The van der Waals surface area contributed by atoms with Gasteiger partial charge in [-0.1, -0.05) is 18.7 Å². The molecule has 0 amide bonds. The maximum Gasteiger partial charge on any atom is 0.189 e. The minimum atomic E-state index is -0.652. The smallest absolute Gasteiger partial charge is 0.189 e. The van der Waals surface area contributed by atoms with Gasteiger partial charge in [-0.05, 0) is 33.6 Å². The van der Waals surface area contributed by atoms with E-state index in [4.69, 9.17) is 9.47 Å². The minimum Gasteiger partial charge on any atom is -0.390 e. The van der Waals surface area contributed by atoms with Gasteiger partial charge in [-0.15, -0.1) is 0 Å². The van der Waals surface area contributed by atoms with Crippen molar-refractivity contribution in [1.82, 2.24) is 9.97 Å². The van der Waals surface area contributed by atoms with Gasteiger partial charge < -0.3 is 19.9 Å². The maximum absolute atomic E-state index is 10.2. The molecule has 1 saturated carbocycles. The predicted octanol–water partition coefficient (Wildman–Crippen LogP) is 2.35. The average molecular weight is 339 g/mol. The fraction of sp³-hybridized carbons (Fsp3) is 0.750. The topological polar surface area (TPSA) is 76.5 Å². The molecule has 0 aromatic carbocycles. The number of aliphatic hydroxyl groups is 1. The fourth-order valence-corrected chi connectivity index (χ4v) is 3.92. The van der Waals surface area contributed by atoms with Crippen LogP contribution in [0.3, 0.4) is 0 Å². The van der Waals surface area contributed by atoms with Crippen LogP contribution in [0.4, 0.5) is 5.82 Å². The lowest BCUT2D eigenvalue weighted by Crippen LogP contribution is -2.34. The van der Waals surface area contributed by atoms with Crippen molar-refractivity contribution in [2.24, 2.45) is 0 Å². The second kappa shape index (κ2) is 6.55. The van der Waals surface area contributed by atoms with Gasteiger partial charge in [-0.3, -0.25) is 0 Å². The highest BCUT2D eigenvalue weighted by Crippen LogP contribution is 2.39. The van der Waals surface area contributed by atoms with E-state index in [1.165, 1.54) is 0 Å². The first kappa shape index (κ1) is 17.0. The molecule has 2 fully saturated rings. The predicted molar refractivity (Wildman–Crippen MR) is 89.6 cm³/mol. The number of ether oxygens (including phenoxy) is 2. The molecular weight excluding hydrogens is 314 g/mol. The molecule has 0 bridgehead atoms. The van der Waals surface area contributed by atoms with Gasteiger partial charge in [0.15, 0.2) is 10.9 Å². The Kier molecular flexibility index (Phi) is 4.83. The van der Waals surface area contributed by atoms with Crippen molar-refractivity contribution in [3.8, 4) is 0 Å². The van der Waals surface area contributed by atoms with Crippen LogP contribution in [-0.2, 0) is 9.47 Å². The average Bonchev–Trinajstić information content (AvgIpc) is 2.92. The molecule has 0 unspecified atom stereocenters. The number of fused-ring (bicyclic) bond motifs is 1. The van der Waals surface area contributed by atoms with Crippen molar-refractivity contribution >= 4 is 17.6 Å². The zero-order valence-corrected chi connectivity index (χ0v) is 14.9. The molecule has 6 nitrogen and oxygen atoms in total. The van der Waals surface area contributed by atoms with E-state index in [0.29, 0.717) is 6.42 Å². The molecule has 1 aliphatic heterocycles. The summed E-state index contributed by atoms with van der Waals surface area (Å²) in [5, 5.41) is 14.4. The molecule has 7 heteroatoms. The van der Waals surface area contributed by atoms with E-state index in [1.807, 2.05) is 26.8 Å². The minimum absolute atomic E-state index is 0.0184. The Bertz CT molecular complexity index is 570. The summed E-state index contributed by atoms with van der Waals surface area (Å²) in [5.74, 6) is 1.13. The van der Waals surface area contributed by atoms with Crippen LogP contribution in [-0.4, -0.2) is 51.0 Å². The summed E-state index contributed by atoms with van der Waals surface area (Å²) in [7, 11) is 0. The van der Waals surface area contributed by atoms with Gasteiger partial charge in [0, 0.05) is 17.5 Å². The van der Waals surface area contributed by atoms with Crippen molar-refractivity contribution in [3.63, 3.8) is 0 Å². The summed E-state index contributed by atoms with van der Waals surface area (Å²) in [6.45, 7) is 7.86. The lowest BCUT2D eigenvalue weighted by atomic mass is 10.2. The van der Waals surface area contributed by atoms with E-state index in [1.54, 1.807) is 11.8 Å². The standard InChI is InChI=1S/C16H25N3O3S/c1-5-6-23-15-17-9(2)7-12(19-15)18-10-8-11(20)14-13(10)21-16(3,4)22-14/h7,10-11,13-14,20H,5-6,8H2,1-4H3,(H,17,18,19)/t10-,11+,13+,14-/m1/s1. The molecule has 23 heavy (non-hydrogen) atoms. The lowest BCUT2D eigenvalue weighted by Gasteiger charge is -2.23. The van der Waals surface area contributed by atoms with Crippen LogP contribution in [0, 0.1) is 6.92 Å². The lowest BCUT2D eigenvalue weighted by molar-refractivity contribution is -0.162. The van der Waals surface area contributed by atoms with Crippen molar-refractivity contribution in [3.05, 3.63) is 11.8 Å². The van der Waals surface area contributed by atoms with Crippen molar-refractivity contribution in [2.75, 3.05) is 11.1 Å². The highest BCUT2D eigenvalue weighted by Gasteiger charge is 2.53. The SMILES string of the molecule is CCCSc1nc(C)cc(N[C@@H]2C[C@H](O)[C@H]3OC(C)(C)O[C@H]32)n1. The first-order valence-electron chi connectivity index (χ1n) is 8.16. The zero-order valence-electron chi connectivity index (χ0n) is 14.1. The number of nitrogens with one attached hydrogen (secondary N) is 1. The number of thioether (sulfide) groups is 1. The van der Waals surface area contributed by atoms with Crippen LogP contribution in [0.1, 0.15) is 39.3 Å². The van der Waals surface area contributed by atoms with Crippen LogP contribution in [0.15, 0.2) is 11.2 Å². The second-order valence-corrected chi connectivity index (χ2v) is 7.71. The molecule has 3 rings (SSSR count). The number of hydrogen-bond donors (Lipinski definition) is 2. The summed E-state index contributed by atoms with van der Waals surface area (Å²) in [6.07, 6.45) is 0.715. The first-order valence-corrected chi connectivity index (χ1v) is 9.15. The molecule has 128 valence electrons. The molecule has 0 radical (unpaired) electrons. The summed E-state index contributed by atoms with van der Waals surface area (Å²) < 4.78 is 11.8. The first-order chi connectivity index (χ1) is 10.9. The molecule has 2 heterocycles. The number of anilines is 1. The van der Waals surface area contributed by atoms with Crippen LogP contribution in [0.2, 0.25) is 0 Å². The van der Waals surface area contributed by atoms with Gasteiger partial charge in [0.05, 0.1) is 12.1 Å². The Morgan fingerprint density at radius 3 is 2.83 bits per heavy atom. The highest BCUT2D eigenvalue weighted by molar-refractivity contribution is 7.99. The number of aliphatic hydroxyl groups excluding tert-OH is 1. The monoisotopic (exact) mass is 339 g/mol. The van der Waals surface area contributed by atoms with Gasteiger partial charge in [-0.2, -0.15) is 0 Å². The van der Waals surface area contributed by atoms with E-state index in [-0.39, 0.29) is 18.2 Å². The molecule has 1 aliphatic carbocycles. The summed E-state index contributed by atoms with van der Waals surface area (Å²) in [4.78, 5) is 9.03. The third-order valence-corrected chi connectivity index (χ3v) is 5.09. The Balaban J connectivity index is 1.73. The van der Waals surface area contributed by atoms with Crippen LogP contribution < -0.4 is 5.32 Å². The molecule has 0 spiro atoms. The second-order valence-electron chi connectivity index (χ2n) is 6.64. The van der Waals surface area contributed by atoms with Crippen LogP contribution in [0.5, 0.6) is 0 Å². The van der Waals surface area contributed by atoms with Crippen molar-refractivity contribution in [1.29, 1.82) is 0 Å². The Morgan fingerprint density at radius 1 is 1.35 bits per heavy atom. The highest BCUT2D eigenvalue weighted by atomic mass is 32.2. The number of nitrogens with zero attached hydrogens (tertiary/aromatic N) is 2. The third kappa shape index (κ3) is 3.79. The van der Waals surface area contributed by atoms with Gasteiger partial charge in [-0.25, -0.2) is 9.97 Å². The summed E-state index contributed by atoms with van der Waals surface area (Å²) in [5.41, 5.74) is 0.931. The number of aromatic nitrogens is 2. The fourth-order valence-electron chi connectivity index (χ4n) is 3.16. The van der Waals surface area contributed by atoms with Crippen molar-refractivity contribution < 1.29 is 14.6 Å². The summed E-state index contributed by atoms with van der Waals surface area (Å²) in [6, 6.07) is 1.91. The third-order valence-electron chi connectivity index (χ3n) is 4.04. The molecular formula is C16H25N3O3S. The van der Waals surface area contributed by atoms with E-state index in [0.717, 1.165) is 28.8 Å². The van der Waals surface area contributed by atoms with Crippen LogP contribution in [0.25, 0.3) is 0 Å². The van der Waals surface area contributed by atoms with E-state index >= 15 is 0 Å². The number of rotatable bonds is 5. The Labute approximate surface area is 141 Å². The van der Waals surface area contributed by atoms with Gasteiger partial charge >= 0.3 is 0 Å². The Morgan fingerprint density at radius 2 is 2.09 bits per heavy atom. The molecule has 2 N–H and O–H groups in total. The molecule has 1 aromatic rings. The molecule has 2 aliphatic rings. The quantitative estimate of drug-likeness (QED) is 0.630. The summed E-state index contributed by atoms with van der Waals surface area (Å²) >= 11 is 1.66.